The van der Waals surface area contributed by atoms with Gasteiger partial charge in [0.15, 0.2) is 0 Å². The molecule has 0 amide bonds. The van der Waals surface area contributed by atoms with Gasteiger partial charge in [-0.3, -0.25) is 0 Å². The summed E-state index contributed by atoms with van der Waals surface area (Å²) in [7, 11) is 0. The van der Waals surface area contributed by atoms with Crippen molar-refractivity contribution in [2.75, 3.05) is 13.1 Å². The molecule has 0 atom stereocenters. The first-order chi connectivity index (χ1) is 7.84. The number of rotatable bonds is 1. The van der Waals surface area contributed by atoms with Crippen LogP contribution in [0.4, 0.5) is 0 Å². The Balaban J connectivity index is 2.03. The molecule has 2 aromatic rings. The highest BCUT2D eigenvalue weighted by Crippen LogP contribution is 2.23. The zero-order valence-electron chi connectivity index (χ0n) is 8.73. The summed E-state index contributed by atoms with van der Waals surface area (Å²) in [5, 5.41) is 11.8. The number of piperidine rings is 1. The second kappa shape index (κ2) is 4.10. The van der Waals surface area contributed by atoms with Gasteiger partial charge in [-0.15, -0.1) is 5.10 Å². The van der Waals surface area contributed by atoms with Crippen LogP contribution in [0.2, 0.25) is 0 Å². The number of aromatic nitrogens is 4. The Morgan fingerprint density at radius 1 is 1.38 bits per heavy atom. The molecule has 3 heterocycles. The minimum atomic E-state index is 0.453. The normalized spacial score (nSPS) is 18.1. The highest BCUT2D eigenvalue weighted by atomic mass is 79.9. The summed E-state index contributed by atoms with van der Waals surface area (Å²) in [6.45, 7) is 2.10. The number of nitrogens with one attached hydrogen (secondary N) is 1. The zero-order valence-corrected chi connectivity index (χ0v) is 10.3. The van der Waals surface area contributed by atoms with E-state index in [0.29, 0.717) is 6.04 Å². The quantitative estimate of drug-likeness (QED) is 0.806. The number of halogens is 1. The van der Waals surface area contributed by atoms with Crippen molar-refractivity contribution in [2.24, 2.45) is 0 Å². The Kier molecular flexibility index (Phi) is 2.61. The van der Waals surface area contributed by atoms with Gasteiger partial charge in [-0.2, -0.15) is 0 Å². The largest absolute Gasteiger partial charge is 0.317 e. The molecule has 1 saturated heterocycles. The molecular formula is C10H12BrN5. The van der Waals surface area contributed by atoms with Crippen LogP contribution in [0.5, 0.6) is 0 Å². The van der Waals surface area contributed by atoms with Gasteiger partial charge in [0.25, 0.3) is 0 Å². The summed E-state index contributed by atoms with van der Waals surface area (Å²) in [4.78, 5) is 4.24. The summed E-state index contributed by atoms with van der Waals surface area (Å²) in [5.41, 5.74) is 1.93. The van der Waals surface area contributed by atoms with Gasteiger partial charge < -0.3 is 5.32 Å². The van der Waals surface area contributed by atoms with Gasteiger partial charge in [0.2, 0.25) is 0 Å². The minimum absolute atomic E-state index is 0.453. The zero-order chi connectivity index (χ0) is 11.0. The van der Waals surface area contributed by atoms with E-state index in [0.717, 1.165) is 41.6 Å². The number of hydrogen-bond donors (Lipinski definition) is 1. The first-order valence-corrected chi connectivity index (χ1v) is 6.21. The van der Waals surface area contributed by atoms with Gasteiger partial charge in [-0.1, -0.05) is 5.21 Å². The Labute approximate surface area is 101 Å². The standard InChI is InChI=1S/C10H12BrN5/c11-10-5-8-9(6-13-10)16(15-14-8)7-1-3-12-4-2-7/h5-7,12H,1-4H2. The van der Waals surface area contributed by atoms with Crippen molar-refractivity contribution >= 4 is 27.0 Å². The van der Waals surface area contributed by atoms with Crippen molar-refractivity contribution < 1.29 is 0 Å². The molecule has 1 aliphatic heterocycles. The van der Waals surface area contributed by atoms with Crippen molar-refractivity contribution in [3.05, 3.63) is 16.9 Å². The summed E-state index contributed by atoms with van der Waals surface area (Å²) < 4.78 is 2.81. The monoisotopic (exact) mass is 281 g/mol. The summed E-state index contributed by atoms with van der Waals surface area (Å²) in [6, 6.07) is 2.36. The predicted octanol–water partition coefficient (Wildman–Crippen LogP) is 1.51. The SMILES string of the molecule is Brc1cc2nnn(C3CCNCC3)c2cn1. The molecule has 16 heavy (non-hydrogen) atoms. The van der Waals surface area contributed by atoms with Crippen LogP contribution >= 0.6 is 15.9 Å². The van der Waals surface area contributed by atoms with E-state index in [-0.39, 0.29) is 0 Å². The van der Waals surface area contributed by atoms with E-state index in [1.165, 1.54) is 0 Å². The maximum atomic E-state index is 4.24. The van der Waals surface area contributed by atoms with Crippen LogP contribution in [0, 0.1) is 0 Å². The third-order valence-electron chi connectivity index (χ3n) is 2.98. The molecule has 0 aromatic carbocycles. The van der Waals surface area contributed by atoms with Crippen LogP contribution in [-0.4, -0.2) is 33.1 Å². The molecule has 6 heteroatoms. The maximum absolute atomic E-state index is 4.24. The lowest BCUT2D eigenvalue weighted by Gasteiger charge is -2.22. The molecule has 1 aliphatic rings. The average molecular weight is 282 g/mol. The fraction of sp³-hybridized carbons (Fsp3) is 0.500. The van der Waals surface area contributed by atoms with E-state index < -0.39 is 0 Å². The van der Waals surface area contributed by atoms with Crippen molar-refractivity contribution in [3.63, 3.8) is 0 Å². The molecule has 1 N–H and O–H groups in total. The molecule has 0 unspecified atom stereocenters. The van der Waals surface area contributed by atoms with Crippen LogP contribution < -0.4 is 5.32 Å². The predicted molar refractivity (Wildman–Crippen MR) is 64.2 cm³/mol. The fourth-order valence-electron chi connectivity index (χ4n) is 2.14. The van der Waals surface area contributed by atoms with Gasteiger partial charge in [-0.25, -0.2) is 9.67 Å². The van der Waals surface area contributed by atoms with Crippen molar-refractivity contribution in [3.8, 4) is 0 Å². The maximum Gasteiger partial charge on any atom is 0.117 e. The average Bonchev–Trinajstić information content (AvgIpc) is 2.73. The van der Waals surface area contributed by atoms with Crippen LogP contribution in [0.3, 0.4) is 0 Å². The fourth-order valence-corrected chi connectivity index (χ4v) is 2.45. The van der Waals surface area contributed by atoms with Gasteiger partial charge >= 0.3 is 0 Å². The van der Waals surface area contributed by atoms with Crippen LogP contribution in [-0.2, 0) is 0 Å². The van der Waals surface area contributed by atoms with Crippen LogP contribution in [0.1, 0.15) is 18.9 Å². The van der Waals surface area contributed by atoms with Gasteiger partial charge in [0.05, 0.1) is 12.2 Å². The third kappa shape index (κ3) is 1.72. The van der Waals surface area contributed by atoms with Crippen molar-refractivity contribution in [1.82, 2.24) is 25.3 Å². The Morgan fingerprint density at radius 3 is 3.00 bits per heavy atom. The molecule has 3 rings (SSSR count). The van der Waals surface area contributed by atoms with Crippen LogP contribution in [0.25, 0.3) is 11.0 Å². The van der Waals surface area contributed by atoms with Crippen molar-refractivity contribution in [2.45, 2.75) is 18.9 Å². The molecule has 0 saturated carbocycles. The summed E-state index contributed by atoms with van der Waals surface area (Å²) in [5.74, 6) is 0. The summed E-state index contributed by atoms with van der Waals surface area (Å²) in [6.07, 6.45) is 4.05. The second-order valence-corrected chi connectivity index (χ2v) is 4.82. The van der Waals surface area contributed by atoms with E-state index in [1.807, 2.05) is 16.9 Å². The lowest BCUT2D eigenvalue weighted by molar-refractivity contribution is 0.345. The highest BCUT2D eigenvalue weighted by Gasteiger charge is 2.18. The molecular weight excluding hydrogens is 270 g/mol. The van der Waals surface area contributed by atoms with E-state index in [4.69, 9.17) is 0 Å². The minimum Gasteiger partial charge on any atom is -0.317 e. The lowest BCUT2D eigenvalue weighted by Crippen LogP contribution is -2.29. The molecule has 0 radical (unpaired) electrons. The number of pyridine rings is 1. The number of nitrogens with zero attached hydrogens (tertiary/aromatic N) is 4. The van der Waals surface area contributed by atoms with Gasteiger partial charge in [0.1, 0.15) is 15.6 Å². The van der Waals surface area contributed by atoms with E-state index in [1.54, 1.807) is 0 Å². The molecule has 1 fully saturated rings. The molecule has 0 aliphatic carbocycles. The smallest absolute Gasteiger partial charge is 0.117 e. The Bertz CT molecular complexity index is 503. The molecule has 5 nitrogen and oxygen atoms in total. The van der Waals surface area contributed by atoms with Gasteiger partial charge in [-0.05, 0) is 41.9 Å². The Hall–Kier alpha value is -1.01. The second-order valence-electron chi connectivity index (χ2n) is 4.01. The van der Waals surface area contributed by atoms with Crippen molar-refractivity contribution in [1.29, 1.82) is 0 Å². The first kappa shape index (κ1) is 10.2. The summed E-state index contributed by atoms with van der Waals surface area (Å²) >= 11 is 3.34. The van der Waals surface area contributed by atoms with E-state index in [9.17, 15) is 0 Å². The van der Waals surface area contributed by atoms with E-state index in [2.05, 4.69) is 36.5 Å². The molecule has 0 bridgehead atoms. The lowest BCUT2D eigenvalue weighted by atomic mass is 10.1. The number of fused-ring (bicyclic) bond motifs is 1. The molecule has 84 valence electrons. The number of hydrogen-bond acceptors (Lipinski definition) is 4. The van der Waals surface area contributed by atoms with Gasteiger partial charge in [0, 0.05) is 6.07 Å². The topological polar surface area (TPSA) is 55.6 Å². The molecule has 0 spiro atoms. The molecule has 2 aromatic heterocycles. The van der Waals surface area contributed by atoms with E-state index >= 15 is 0 Å². The third-order valence-corrected chi connectivity index (χ3v) is 3.41. The first-order valence-electron chi connectivity index (χ1n) is 5.42. The Morgan fingerprint density at radius 2 is 2.19 bits per heavy atom. The van der Waals surface area contributed by atoms with Crippen LogP contribution in [0.15, 0.2) is 16.9 Å². The highest BCUT2D eigenvalue weighted by molar-refractivity contribution is 9.10.